The maximum absolute atomic E-state index is 8.85. The number of hydrogen-bond acceptors (Lipinski definition) is 5. The lowest BCUT2D eigenvalue weighted by Gasteiger charge is -2.25. The lowest BCUT2D eigenvalue weighted by molar-refractivity contribution is 0.463. The van der Waals surface area contributed by atoms with Crippen LogP contribution in [0, 0.1) is 16.7 Å². The number of amidine groups is 1. The van der Waals surface area contributed by atoms with Gasteiger partial charge in [0.25, 0.3) is 0 Å². The third-order valence-corrected chi connectivity index (χ3v) is 3.54. The Kier molecular flexibility index (Phi) is 5.16. The molecule has 1 aliphatic rings. The largest absolute Gasteiger partial charge is 0.382 e. The Balaban J connectivity index is 2.09. The Labute approximate surface area is 124 Å². The fraction of sp³-hybridized carbons (Fsp3) is 0.400. The van der Waals surface area contributed by atoms with Crippen LogP contribution in [0.3, 0.4) is 0 Å². The first-order chi connectivity index (χ1) is 10.2. The van der Waals surface area contributed by atoms with Crippen molar-refractivity contribution in [2.75, 3.05) is 10.7 Å². The number of anilines is 2. The Morgan fingerprint density at radius 3 is 2.52 bits per heavy atom. The van der Waals surface area contributed by atoms with Gasteiger partial charge >= 0.3 is 0 Å². The average Bonchev–Trinajstić information content (AvgIpc) is 2.50. The minimum Gasteiger partial charge on any atom is -0.382 e. The van der Waals surface area contributed by atoms with Crippen LogP contribution in [0.25, 0.3) is 0 Å². The predicted octanol–water partition coefficient (Wildman–Crippen LogP) is 2.66. The van der Waals surface area contributed by atoms with Crippen molar-refractivity contribution in [3.63, 3.8) is 0 Å². The van der Waals surface area contributed by atoms with Gasteiger partial charge in [-0.1, -0.05) is 31.4 Å². The molecule has 0 aromatic heterocycles. The second-order valence-corrected chi connectivity index (χ2v) is 5.12. The van der Waals surface area contributed by atoms with Gasteiger partial charge in [-0.3, -0.25) is 10.8 Å². The Morgan fingerprint density at radius 1 is 1.24 bits per heavy atom. The summed E-state index contributed by atoms with van der Waals surface area (Å²) < 4.78 is 0. The van der Waals surface area contributed by atoms with Gasteiger partial charge in [-0.25, -0.2) is 0 Å². The molecule has 0 unspecified atom stereocenters. The highest BCUT2D eigenvalue weighted by molar-refractivity contribution is 6.45. The Morgan fingerprint density at radius 2 is 1.90 bits per heavy atom. The van der Waals surface area contributed by atoms with Gasteiger partial charge in [0.2, 0.25) is 5.71 Å². The summed E-state index contributed by atoms with van der Waals surface area (Å²) in [4.78, 5) is 0. The molecule has 1 aromatic rings. The van der Waals surface area contributed by atoms with Crippen LogP contribution in [0.15, 0.2) is 29.4 Å². The lowest BCUT2D eigenvalue weighted by atomic mass is 9.95. The number of nitriles is 1. The monoisotopic (exact) mass is 284 g/mol. The SMILES string of the molecule is N#C/C(=N\Nc1ccccc1NC1CCCCC1)C(=N)N. The normalized spacial score (nSPS) is 16.0. The minimum absolute atomic E-state index is 0.123. The number of nitrogens with two attached hydrogens (primary N) is 1. The fourth-order valence-electron chi connectivity index (χ4n) is 2.43. The third-order valence-electron chi connectivity index (χ3n) is 3.54. The number of hydrazone groups is 1. The van der Waals surface area contributed by atoms with Crippen LogP contribution < -0.4 is 16.5 Å². The lowest BCUT2D eigenvalue weighted by Crippen LogP contribution is -2.23. The Bertz CT molecular complexity index is 566. The molecule has 6 nitrogen and oxygen atoms in total. The first-order valence-electron chi connectivity index (χ1n) is 7.14. The van der Waals surface area contributed by atoms with Crippen molar-refractivity contribution < 1.29 is 0 Å². The molecule has 5 N–H and O–H groups in total. The van der Waals surface area contributed by atoms with Crippen molar-refractivity contribution in [3.8, 4) is 6.07 Å². The van der Waals surface area contributed by atoms with Crippen LogP contribution in [0.2, 0.25) is 0 Å². The molecule has 0 aliphatic heterocycles. The fourth-order valence-corrected chi connectivity index (χ4v) is 2.43. The van der Waals surface area contributed by atoms with Crippen LogP contribution in [0.1, 0.15) is 32.1 Å². The van der Waals surface area contributed by atoms with Crippen molar-refractivity contribution in [1.82, 2.24) is 0 Å². The van der Waals surface area contributed by atoms with Gasteiger partial charge in [0, 0.05) is 6.04 Å². The van der Waals surface area contributed by atoms with E-state index in [2.05, 4.69) is 15.8 Å². The van der Waals surface area contributed by atoms with E-state index in [-0.39, 0.29) is 11.5 Å². The number of para-hydroxylation sites is 2. The van der Waals surface area contributed by atoms with E-state index in [1.54, 1.807) is 6.07 Å². The van der Waals surface area contributed by atoms with Crippen LogP contribution in [-0.2, 0) is 0 Å². The standard InChI is InChI=1S/C15H20N6/c16-10-14(15(17)18)21-20-13-9-5-4-8-12(13)19-11-6-2-1-3-7-11/h4-5,8-9,11,19-20H,1-3,6-7H2,(H3,17,18)/b21-14+. The number of nitrogens with one attached hydrogen (secondary N) is 3. The second-order valence-electron chi connectivity index (χ2n) is 5.12. The van der Waals surface area contributed by atoms with E-state index in [1.807, 2.05) is 24.3 Å². The summed E-state index contributed by atoms with van der Waals surface area (Å²) in [6.07, 6.45) is 6.18. The zero-order valence-electron chi connectivity index (χ0n) is 11.9. The molecule has 0 spiro atoms. The van der Waals surface area contributed by atoms with Gasteiger partial charge in [-0.05, 0) is 25.0 Å². The number of benzene rings is 1. The first-order valence-corrected chi connectivity index (χ1v) is 7.14. The van der Waals surface area contributed by atoms with Gasteiger partial charge in [-0.2, -0.15) is 10.4 Å². The van der Waals surface area contributed by atoms with Gasteiger partial charge < -0.3 is 11.1 Å². The number of nitrogens with zero attached hydrogens (tertiary/aromatic N) is 2. The molecule has 0 heterocycles. The van der Waals surface area contributed by atoms with E-state index in [0.29, 0.717) is 6.04 Å². The number of rotatable bonds is 5. The highest BCUT2D eigenvalue weighted by atomic mass is 15.3. The molecule has 0 saturated heterocycles. The predicted molar refractivity (Wildman–Crippen MR) is 85.5 cm³/mol. The van der Waals surface area contributed by atoms with E-state index in [0.717, 1.165) is 11.4 Å². The Hall–Kier alpha value is -2.55. The van der Waals surface area contributed by atoms with E-state index in [1.165, 1.54) is 32.1 Å². The van der Waals surface area contributed by atoms with Crippen LogP contribution in [0.5, 0.6) is 0 Å². The summed E-state index contributed by atoms with van der Waals surface area (Å²) in [5.74, 6) is -0.345. The summed E-state index contributed by atoms with van der Waals surface area (Å²) in [5.41, 5.74) is 9.70. The summed E-state index contributed by atoms with van der Waals surface area (Å²) in [6, 6.07) is 9.98. The van der Waals surface area contributed by atoms with Crippen LogP contribution >= 0.6 is 0 Å². The summed E-state index contributed by atoms with van der Waals surface area (Å²) in [6.45, 7) is 0. The maximum atomic E-state index is 8.85. The molecule has 1 aliphatic carbocycles. The van der Waals surface area contributed by atoms with Crippen molar-refractivity contribution in [2.45, 2.75) is 38.1 Å². The summed E-state index contributed by atoms with van der Waals surface area (Å²) in [7, 11) is 0. The molecule has 1 saturated carbocycles. The highest BCUT2D eigenvalue weighted by Gasteiger charge is 2.14. The molecule has 0 radical (unpaired) electrons. The van der Waals surface area contributed by atoms with Crippen molar-refractivity contribution >= 4 is 22.9 Å². The number of hydrogen-bond donors (Lipinski definition) is 4. The first kappa shape index (κ1) is 14.9. The van der Waals surface area contributed by atoms with Crippen molar-refractivity contribution in [3.05, 3.63) is 24.3 Å². The molecule has 0 amide bonds. The van der Waals surface area contributed by atoms with Gasteiger partial charge in [-0.15, -0.1) is 0 Å². The van der Waals surface area contributed by atoms with E-state index in [9.17, 15) is 0 Å². The van der Waals surface area contributed by atoms with Gasteiger partial charge in [0.1, 0.15) is 6.07 Å². The molecule has 0 atom stereocenters. The molecular formula is C15H20N6. The second kappa shape index (κ2) is 7.29. The molecule has 0 bridgehead atoms. The molecule has 6 heteroatoms. The molecular weight excluding hydrogens is 264 g/mol. The maximum Gasteiger partial charge on any atom is 0.201 e. The molecule has 110 valence electrons. The topological polar surface area (TPSA) is 110 Å². The van der Waals surface area contributed by atoms with E-state index in [4.69, 9.17) is 16.4 Å². The van der Waals surface area contributed by atoms with Crippen LogP contribution in [-0.4, -0.2) is 17.6 Å². The van der Waals surface area contributed by atoms with Crippen LogP contribution in [0.4, 0.5) is 11.4 Å². The molecule has 1 aromatic carbocycles. The summed E-state index contributed by atoms with van der Waals surface area (Å²) >= 11 is 0. The highest BCUT2D eigenvalue weighted by Crippen LogP contribution is 2.26. The smallest absolute Gasteiger partial charge is 0.201 e. The third kappa shape index (κ3) is 4.21. The zero-order valence-corrected chi connectivity index (χ0v) is 11.9. The van der Waals surface area contributed by atoms with E-state index < -0.39 is 0 Å². The average molecular weight is 284 g/mol. The van der Waals surface area contributed by atoms with Crippen molar-refractivity contribution in [1.29, 1.82) is 10.7 Å². The molecule has 21 heavy (non-hydrogen) atoms. The van der Waals surface area contributed by atoms with Gasteiger partial charge in [0.15, 0.2) is 5.84 Å². The quantitative estimate of drug-likeness (QED) is 0.378. The minimum atomic E-state index is -0.345. The van der Waals surface area contributed by atoms with E-state index >= 15 is 0 Å². The molecule has 2 rings (SSSR count). The molecule has 1 fully saturated rings. The van der Waals surface area contributed by atoms with Gasteiger partial charge in [0.05, 0.1) is 11.4 Å². The summed E-state index contributed by atoms with van der Waals surface area (Å²) in [5, 5.41) is 23.5. The van der Waals surface area contributed by atoms with Crippen molar-refractivity contribution in [2.24, 2.45) is 10.8 Å². The zero-order chi connectivity index (χ0) is 15.1.